The van der Waals surface area contributed by atoms with Crippen LogP contribution in [0.5, 0.6) is 0 Å². The first-order valence-electron chi connectivity index (χ1n) is 5.32. The van der Waals surface area contributed by atoms with Gasteiger partial charge >= 0.3 is 0 Å². The van der Waals surface area contributed by atoms with E-state index in [2.05, 4.69) is 5.32 Å². The van der Waals surface area contributed by atoms with Gasteiger partial charge in [0.05, 0.1) is 6.61 Å². The van der Waals surface area contributed by atoms with E-state index in [-0.39, 0.29) is 19.3 Å². The van der Waals surface area contributed by atoms with E-state index in [1.165, 1.54) is 25.7 Å². The summed E-state index contributed by atoms with van der Waals surface area (Å²) in [7, 11) is 0. The Balaban J connectivity index is 1.94. The van der Waals surface area contributed by atoms with Gasteiger partial charge in [0, 0.05) is 12.6 Å². The second kappa shape index (κ2) is 6.35. The SMILES string of the molecule is OCCC(CO)NCCC1CCC1. The zero-order valence-electron chi connectivity index (χ0n) is 8.21. The molecule has 1 saturated carbocycles. The van der Waals surface area contributed by atoms with Crippen molar-refractivity contribution in [3.05, 3.63) is 0 Å². The van der Waals surface area contributed by atoms with Gasteiger partial charge in [-0.3, -0.25) is 0 Å². The summed E-state index contributed by atoms with van der Waals surface area (Å²) in [6.07, 6.45) is 6.03. The molecule has 78 valence electrons. The molecule has 3 nitrogen and oxygen atoms in total. The van der Waals surface area contributed by atoms with Crippen LogP contribution in [0, 0.1) is 5.92 Å². The van der Waals surface area contributed by atoms with Crippen LogP contribution >= 0.6 is 0 Å². The van der Waals surface area contributed by atoms with Crippen LogP contribution in [-0.4, -0.2) is 36.0 Å². The highest BCUT2D eigenvalue weighted by Gasteiger charge is 2.16. The van der Waals surface area contributed by atoms with Gasteiger partial charge in [0.2, 0.25) is 0 Å². The van der Waals surface area contributed by atoms with E-state index >= 15 is 0 Å². The quantitative estimate of drug-likeness (QED) is 0.544. The Morgan fingerprint density at radius 1 is 1.31 bits per heavy atom. The predicted octanol–water partition coefficient (Wildman–Crippen LogP) is 0.509. The smallest absolute Gasteiger partial charge is 0.0585 e. The molecule has 1 fully saturated rings. The van der Waals surface area contributed by atoms with Crippen molar-refractivity contribution in [2.75, 3.05) is 19.8 Å². The monoisotopic (exact) mass is 187 g/mol. The Labute approximate surface area is 80.2 Å². The Kier molecular flexibility index (Phi) is 5.35. The molecule has 0 aromatic carbocycles. The summed E-state index contributed by atoms with van der Waals surface area (Å²) in [5.41, 5.74) is 0. The molecule has 13 heavy (non-hydrogen) atoms. The number of nitrogens with one attached hydrogen (secondary N) is 1. The van der Waals surface area contributed by atoms with Crippen molar-refractivity contribution in [2.24, 2.45) is 5.92 Å². The molecule has 0 aromatic heterocycles. The van der Waals surface area contributed by atoms with Crippen LogP contribution in [0.25, 0.3) is 0 Å². The molecule has 0 heterocycles. The predicted molar refractivity (Wildman–Crippen MR) is 52.5 cm³/mol. The Morgan fingerprint density at radius 3 is 2.54 bits per heavy atom. The third-order valence-corrected chi connectivity index (χ3v) is 2.91. The van der Waals surface area contributed by atoms with E-state index in [1.54, 1.807) is 0 Å². The first kappa shape index (κ1) is 11.0. The molecule has 0 bridgehead atoms. The molecule has 0 saturated heterocycles. The fourth-order valence-corrected chi connectivity index (χ4v) is 1.69. The zero-order valence-corrected chi connectivity index (χ0v) is 8.21. The van der Waals surface area contributed by atoms with E-state index in [9.17, 15) is 0 Å². The maximum absolute atomic E-state index is 8.92. The van der Waals surface area contributed by atoms with Crippen LogP contribution in [0.2, 0.25) is 0 Å². The molecule has 3 heteroatoms. The van der Waals surface area contributed by atoms with E-state index in [0.29, 0.717) is 6.42 Å². The Morgan fingerprint density at radius 2 is 2.08 bits per heavy atom. The molecule has 3 N–H and O–H groups in total. The first-order valence-corrected chi connectivity index (χ1v) is 5.32. The van der Waals surface area contributed by atoms with Crippen molar-refractivity contribution in [1.82, 2.24) is 5.32 Å². The average Bonchev–Trinajstić information content (AvgIpc) is 2.07. The number of rotatable bonds is 7. The largest absolute Gasteiger partial charge is 0.396 e. The average molecular weight is 187 g/mol. The van der Waals surface area contributed by atoms with Gasteiger partial charge in [0.1, 0.15) is 0 Å². The lowest BCUT2D eigenvalue weighted by atomic mass is 9.83. The third kappa shape index (κ3) is 4.07. The van der Waals surface area contributed by atoms with Crippen molar-refractivity contribution in [3.8, 4) is 0 Å². The maximum atomic E-state index is 8.92. The lowest BCUT2D eigenvalue weighted by molar-refractivity contribution is 0.195. The van der Waals surface area contributed by atoms with Crippen LogP contribution in [0.3, 0.4) is 0 Å². The molecule has 0 amide bonds. The summed E-state index contributed by atoms with van der Waals surface area (Å²) in [6, 6.07) is 0.0880. The third-order valence-electron chi connectivity index (χ3n) is 2.91. The Bertz CT molecular complexity index is 126. The number of hydrogen-bond donors (Lipinski definition) is 3. The lowest BCUT2D eigenvalue weighted by Gasteiger charge is -2.26. The molecule has 1 atom stereocenters. The van der Waals surface area contributed by atoms with E-state index < -0.39 is 0 Å². The second-order valence-electron chi connectivity index (χ2n) is 3.93. The maximum Gasteiger partial charge on any atom is 0.0585 e. The van der Waals surface area contributed by atoms with Crippen LogP contribution in [0.4, 0.5) is 0 Å². The van der Waals surface area contributed by atoms with Crippen LogP contribution < -0.4 is 5.32 Å². The van der Waals surface area contributed by atoms with Gasteiger partial charge in [-0.15, -0.1) is 0 Å². The molecule has 0 aromatic rings. The van der Waals surface area contributed by atoms with Crippen LogP contribution in [0.1, 0.15) is 32.1 Å². The fourth-order valence-electron chi connectivity index (χ4n) is 1.69. The lowest BCUT2D eigenvalue weighted by Crippen LogP contribution is -2.35. The normalized spacial score (nSPS) is 19.8. The first-order chi connectivity index (χ1) is 6.36. The summed E-state index contributed by atoms with van der Waals surface area (Å²) >= 11 is 0. The minimum Gasteiger partial charge on any atom is -0.396 e. The van der Waals surface area contributed by atoms with Crippen LogP contribution in [0.15, 0.2) is 0 Å². The minimum atomic E-state index is 0.0880. The molecule has 0 aliphatic heterocycles. The van der Waals surface area contributed by atoms with Gasteiger partial charge in [-0.25, -0.2) is 0 Å². The van der Waals surface area contributed by atoms with Gasteiger partial charge < -0.3 is 15.5 Å². The van der Waals surface area contributed by atoms with Crippen molar-refractivity contribution in [2.45, 2.75) is 38.1 Å². The van der Waals surface area contributed by atoms with Gasteiger partial charge in [-0.2, -0.15) is 0 Å². The van der Waals surface area contributed by atoms with Crippen LogP contribution in [-0.2, 0) is 0 Å². The van der Waals surface area contributed by atoms with Crippen molar-refractivity contribution in [3.63, 3.8) is 0 Å². The second-order valence-corrected chi connectivity index (χ2v) is 3.93. The number of hydrogen-bond acceptors (Lipinski definition) is 3. The number of aliphatic hydroxyl groups is 2. The summed E-state index contributed by atoms with van der Waals surface area (Å²) < 4.78 is 0. The minimum absolute atomic E-state index is 0.0880. The van der Waals surface area contributed by atoms with Gasteiger partial charge in [0.15, 0.2) is 0 Å². The Hall–Kier alpha value is -0.120. The standard InChI is InChI=1S/C10H21NO2/c12-7-5-10(8-13)11-6-4-9-2-1-3-9/h9-13H,1-8H2. The zero-order chi connectivity index (χ0) is 9.52. The van der Waals surface area contributed by atoms with Gasteiger partial charge in [0.25, 0.3) is 0 Å². The highest BCUT2D eigenvalue weighted by molar-refractivity contribution is 4.72. The van der Waals surface area contributed by atoms with E-state index in [0.717, 1.165) is 12.5 Å². The summed E-state index contributed by atoms with van der Waals surface area (Å²) in [5, 5.41) is 20.9. The molecule has 1 unspecified atom stereocenters. The molecular formula is C10H21NO2. The summed E-state index contributed by atoms with van der Waals surface area (Å²) in [4.78, 5) is 0. The van der Waals surface area contributed by atoms with E-state index in [4.69, 9.17) is 10.2 Å². The topological polar surface area (TPSA) is 52.5 Å². The van der Waals surface area contributed by atoms with Crippen molar-refractivity contribution in [1.29, 1.82) is 0 Å². The molecule has 1 rings (SSSR count). The highest BCUT2D eigenvalue weighted by atomic mass is 16.3. The van der Waals surface area contributed by atoms with Gasteiger partial charge in [-0.1, -0.05) is 19.3 Å². The molecular weight excluding hydrogens is 166 g/mol. The van der Waals surface area contributed by atoms with Crippen molar-refractivity contribution < 1.29 is 10.2 Å². The van der Waals surface area contributed by atoms with E-state index in [1.807, 2.05) is 0 Å². The van der Waals surface area contributed by atoms with Crippen molar-refractivity contribution >= 4 is 0 Å². The molecule has 1 aliphatic carbocycles. The molecule has 0 spiro atoms. The number of aliphatic hydroxyl groups excluding tert-OH is 2. The van der Waals surface area contributed by atoms with Gasteiger partial charge in [-0.05, 0) is 25.3 Å². The highest BCUT2D eigenvalue weighted by Crippen LogP contribution is 2.28. The summed E-state index contributed by atoms with van der Waals surface area (Å²) in [5.74, 6) is 0.918. The molecule has 0 radical (unpaired) electrons. The molecule has 1 aliphatic rings. The summed E-state index contributed by atoms with van der Waals surface area (Å²) in [6.45, 7) is 1.27. The fraction of sp³-hybridized carbons (Fsp3) is 1.00.